The zero-order chi connectivity index (χ0) is 16.2. The minimum Gasteiger partial charge on any atom is -0.469 e. The number of carbonyl (C=O) groups is 1. The van der Waals surface area contributed by atoms with Crippen molar-refractivity contribution < 1.29 is 9.53 Å². The largest absolute Gasteiger partial charge is 0.469 e. The summed E-state index contributed by atoms with van der Waals surface area (Å²) in [5.41, 5.74) is 0. The Balaban J connectivity index is 0.00000484. The molecule has 7 heteroatoms. The van der Waals surface area contributed by atoms with E-state index in [1.165, 1.54) is 12.0 Å². The highest BCUT2D eigenvalue weighted by Crippen LogP contribution is 2.09. The molecule has 23 heavy (non-hydrogen) atoms. The molecule has 0 aliphatic rings. The van der Waals surface area contributed by atoms with Gasteiger partial charge >= 0.3 is 5.97 Å². The van der Waals surface area contributed by atoms with Gasteiger partial charge in [0.2, 0.25) is 0 Å². The number of carbonyl (C=O) groups excluding carboxylic acids is 1. The van der Waals surface area contributed by atoms with Crippen molar-refractivity contribution in [2.45, 2.75) is 32.6 Å². The minimum atomic E-state index is -0.149. The maximum Gasteiger partial charge on any atom is 0.305 e. The lowest BCUT2D eigenvalue weighted by Gasteiger charge is -2.21. The Labute approximate surface area is 160 Å². The number of ether oxygens (including phenoxy) is 1. The summed E-state index contributed by atoms with van der Waals surface area (Å²) < 4.78 is 4.63. The Morgan fingerprint density at radius 3 is 2.83 bits per heavy atom. The van der Waals surface area contributed by atoms with Gasteiger partial charge in [-0.1, -0.05) is 6.07 Å². The molecule has 0 fully saturated rings. The Morgan fingerprint density at radius 2 is 2.22 bits per heavy atom. The molecular weight excluding hydrogens is 425 g/mol. The van der Waals surface area contributed by atoms with Gasteiger partial charge in [-0.15, -0.1) is 35.3 Å². The molecule has 0 aliphatic carbocycles. The van der Waals surface area contributed by atoms with E-state index < -0.39 is 0 Å². The van der Waals surface area contributed by atoms with Crippen LogP contribution in [0.1, 0.15) is 31.1 Å². The number of thiophene rings is 1. The second kappa shape index (κ2) is 13.6. The molecule has 0 saturated carbocycles. The van der Waals surface area contributed by atoms with Crippen molar-refractivity contribution in [2.75, 3.05) is 33.8 Å². The standard InChI is InChI=1S/C16H27N3O2S.HI/c1-4-17-16(18-11-6-5-9-15(20)21-3)19(2)12-10-14-8-7-13-22-14;/h7-8,13H,4-6,9-12H2,1-3H3,(H,17,18);1H. The predicted octanol–water partition coefficient (Wildman–Crippen LogP) is 3.15. The lowest BCUT2D eigenvalue weighted by atomic mass is 10.2. The van der Waals surface area contributed by atoms with Gasteiger partial charge in [-0.25, -0.2) is 0 Å². The Morgan fingerprint density at radius 1 is 1.43 bits per heavy atom. The second-order valence-electron chi connectivity index (χ2n) is 5.02. The van der Waals surface area contributed by atoms with Gasteiger partial charge in [-0.2, -0.15) is 0 Å². The first-order valence-corrected chi connectivity index (χ1v) is 8.64. The molecule has 1 aromatic rings. The van der Waals surface area contributed by atoms with E-state index in [1.54, 1.807) is 11.3 Å². The summed E-state index contributed by atoms with van der Waals surface area (Å²) in [6.45, 7) is 4.58. The summed E-state index contributed by atoms with van der Waals surface area (Å²) in [6, 6.07) is 4.25. The van der Waals surface area contributed by atoms with Crippen LogP contribution in [-0.2, 0) is 16.0 Å². The predicted molar refractivity (Wildman–Crippen MR) is 108 cm³/mol. The van der Waals surface area contributed by atoms with Gasteiger partial charge in [0, 0.05) is 38.0 Å². The molecule has 0 saturated heterocycles. The van der Waals surface area contributed by atoms with Crippen LogP contribution >= 0.6 is 35.3 Å². The molecule has 1 heterocycles. The number of likely N-dealkylation sites (N-methyl/N-ethyl adjacent to an activating group) is 1. The fourth-order valence-electron chi connectivity index (χ4n) is 1.98. The number of methoxy groups -OCH3 is 1. The van der Waals surface area contributed by atoms with Crippen molar-refractivity contribution >= 4 is 47.2 Å². The Bertz CT molecular complexity index is 452. The first-order valence-electron chi connectivity index (χ1n) is 7.76. The topological polar surface area (TPSA) is 53.9 Å². The van der Waals surface area contributed by atoms with Crippen molar-refractivity contribution in [1.82, 2.24) is 10.2 Å². The molecule has 5 nitrogen and oxygen atoms in total. The number of guanidine groups is 1. The van der Waals surface area contributed by atoms with Gasteiger partial charge in [-0.05, 0) is 37.6 Å². The van der Waals surface area contributed by atoms with Crippen molar-refractivity contribution in [2.24, 2.45) is 4.99 Å². The average Bonchev–Trinajstić information content (AvgIpc) is 3.04. The molecule has 0 aliphatic heterocycles. The highest BCUT2D eigenvalue weighted by Gasteiger charge is 2.06. The van der Waals surface area contributed by atoms with E-state index >= 15 is 0 Å². The first-order chi connectivity index (χ1) is 10.7. The number of rotatable bonds is 9. The first kappa shape index (κ1) is 22.2. The number of unbranched alkanes of at least 4 members (excludes halogenated alkanes) is 1. The molecule has 0 aromatic carbocycles. The van der Waals surface area contributed by atoms with Crippen molar-refractivity contribution in [3.05, 3.63) is 22.4 Å². The summed E-state index contributed by atoms with van der Waals surface area (Å²) in [6.07, 6.45) is 3.20. The zero-order valence-electron chi connectivity index (χ0n) is 14.2. The molecule has 0 bridgehead atoms. The van der Waals surface area contributed by atoms with Gasteiger partial charge in [0.1, 0.15) is 0 Å². The second-order valence-corrected chi connectivity index (χ2v) is 6.05. The number of nitrogens with one attached hydrogen (secondary N) is 1. The minimum absolute atomic E-state index is 0. The lowest BCUT2D eigenvalue weighted by molar-refractivity contribution is -0.140. The maximum absolute atomic E-state index is 11.0. The number of hydrogen-bond acceptors (Lipinski definition) is 4. The fourth-order valence-corrected chi connectivity index (χ4v) is 2.67. The number of hydrogen-bond donors (Lipinski definition) is 1. The number of halogens is 1. The van der Waals surface area contributed by atoms with Crippen LogP contribution in [0, 0.1) is 0 Å². The molecule has 0 atom stereocenters. The molecule has 1 N–H and O–H groups in total. The summed E-state index contributed by atoms with van der Waals surface area (Å²) in [5.74, 6) is 0.779. The van der Waals surface area contributed by atoms with Crippen LogP contribution in [0.4, 0.5) is 0 Å². The summed E-state index contributed by atoms with van der Waals surface area (Å²) in [4.78, 5) is 19.2. The smallest absolute Gasteiger partial charge is 0.305 e. The number of esters is 1. The molecule has 1 rings (SSSR count). The van der Waals surface area contributed by atoms with Crippen LogP contribution in [-0.4, -0.2) is 50.6 Å². The highest BCUT2D eigenvalue weighted by atomic mass is 127. The molecule has 132 valence electrons. The van der Waals surface area contributed by atoms with E-state index in [0.717, 1.165) is 44.9 Å². The van der Waals surface area contributed by atoms with Gasteiger partial charge in [0.15, 0.2) is 5.96 Å². The van der Waals surface area contributed by atoms with Gasteiger partial charge in [0.05, 0.1) is 7.11 Å². The molecule has 0 amide bonds. The van der Waals surface area contributed by atoms with Gasteiger partial charge in [0.25, 0.3) is 0 Å². The van der Waals surface area contributed by atoms with Crippen molar-refractivity contribution in [3.63, 3.8) is 0 Å². The van der Waals surface area contributed by atoms with Crippen LogP contribution in [0.2, 0.25) is 0 Å². The summed E-state index contributed by atoms with van der Waals surface area (Å²) in [5, 5.41) is 5.42. The van der Waals surface area contributed by atoms with Crippen LogP contribution < -0.4 is 5.32 Å². The van der Waals surface area contributed by atoms with Crippen molar-refractivity contribution in [3.8, 4) is 0 Å². The normalized spacial score (nSPS) is 10.8. The van der Waals surface area contributed by atoms with E-state index in [-0.39, 0.29) is 29.9 Å². The lowest BCUT2D eigenvalue weighted by Crippen LogP contribution is -2.40. The fraction of sp³-hybridized carbons (Fsp3) is 0.625. The third kappa shape index (κ3) is 9.80. The van der Waals surface area contributed by atoms with Crippen LogP contribution in [0.5, 0.6) is 0 Å². The van der Waals surface area contributed by atoms with Gasteiger partial charge < -0.3 is 15.0 Å². The SMILES string of the molecule is CCNC(=NCCCCC(=O)OC)N(C)CCc1cccs1.I. The maximum atomic E-state index is 11.0. The molecule has 0 spiro atoms. The Hall–Kier alpha value is -0.830. The number of aliphatic imine (C=N–C) groups is 1. The van der Waals surface area contributed by atoms with Crippen LogP contribution in [0.25, 0.3) is 0 Å². The van der Waals surface area contributed by atoms with Crippen LogP contribution in [0.3, 0.4) is 0 Å². The number of nitrogens with zero attached hydrogens (tertiary/aromatic N) is 2. The molecule has 0 radical (unpaired) electrons. The Kier molecular flexibility index (Phi) is 13.1. The van der Waals surface area contributed by atoms with E-state index in [2.05, 4.69) is 51.4 Å². The third-order valence-corrected chi connectivity index (χ3v) is 4.18. The van der Waals surface area contributed by atoms with Crippen LogP contribution in [0.15, 0.2) is 22.5 Å². The molecular formula is C16H28IN3O2S. The van der Waals surface area contributed by atoms with E-state index in [1.807, 2.05) is 0 Å². The highest BCUT2D eigenvalue weighted by molar-refractivity contribution is 14.0. The summed E-state index contributed by atoms with van der Waals surface area (Å²) in [7, 11) is 3.48. The quantitative estimate of drug-likeness (QED) is 0.205. The van der Waals surface area contributed by atoms with Crippen molar-refractivity contribution in [1.29, 1.82) is 0 Å². The zero-order valence-corrected chi connectivity index (χ0v) is 17.4. The molecule has 1 aromatic heterocycles. The van der Waals surface area contributed by atoms with E-state index in [9.17, 15) is 4.79 Å². The monoisotopic (exact) mass is 453 g/mol. The average molecular weight is 453 g/mol. The van der Waals surface area contributed by atoms with E-state index in [0.29, 0.717) is 6.42 Å². The molecule has 0 unspecified atom stereocenters. The van der Waals surface area contributed by atoms with Gasteiger partial charge in [-0.3, -0.25) is 9.79 Å². The summed E-state index contributed by atoms with van der Waals surface area (Å²) >= 11 is 1.79. The van der Waals surface area contributed by atoms with E-state index in [4.69, 9.17) is 0 Å². The third-order valence-electron chi connectivity index (χ3n) is 3.25.